The number of thiocarbonyl (C=S) groups is 1. The third-order valence-corrected chi connectivity index (χ3v) is 2.76. The summed E-state index contributed by atoms with van der Waals surface area (Å²) in [4.78, 5) is 24.2. The van der Waals surface area contributed by atoms with E-state index in [9.17, 15) is 4.79 Å². The molecule has 0 spiro atoms. The van der Waals surface area contributed by atoms with Gasteiger partial charge in [-0.1, -0.05) is 6.07 Å². The lowest BCUT2D eigenvalue weighted by Gasteiger charge is -2.01. The lowest BCUT2D eigenvalue weighted by Crippen LogP contribution is -2.03. The summed E-state index contributed by atoms with van der Waals surface area (Å²) in [5.74, 6) is 0.189. The van der Waals surface area contributed by atoms with Gasteiger partial charge in [0.05, 0.1) is 21.8 Å². The van der Waals surface area contributed by atoms with E-state index >= 15 is 0 Å². The molecule has 3 rings (SSSR count). The topological polar surface area (TPSA) is 68.3 Å². The quantitative estimate of drug-likeness (QED) is 0.533. The van der Waals surface area contributed by atoms with Crippen molar-refractivity contribution in [3.63, 3.8) is 0 Å². The van der Waals surface area contributed by atoms with Crippen LogP contribution in [-0.2, 0) is 0 Å². The predicted octanol–water partition coefficient (Wildman–Crippen LogP) is 2.98. The van der Waals surface area contributed by atoms with Gasteiger partial charge in [0.1, 0.15) is 5.69 Å². The molecule has 0 N–H and O–H groups in total. The Labute approximate surface area is 118 Å². The largest absolute Gasteiger partial charge is 0.401 e. The van der Waals surface area contributed by atoms with Crippen LogP contribution in [0.3, 0.4) is 0 Å². The van der Waals surface area contributed by atoms with Crippen LogP contribution in [0, 0.1) is 0 Å². The monoisotopic (exact) mass is 281 g/mol. The highest BCUT2D eigenvalue weighted by Crippen LogP contribution is 2.20. The molecule has 2 aromatic heterocycles. The maximum Gasteiger partial charge on any atom is 0.347 e. The van der Waals surface area contributed by atoms with Crippen molar-refractivity contribution in [1.29, 1.82) is 0 Å². The van der Waals surface area contributed by atoms with E-state index in [0.29, 0.717) is 22.3 Å². The van der Waals surface area contributed by atoms with Crippen molar-refractivity contribution in [2.75, 3.05) is 0 Å². The summed E-state index contributed by atoms with van der Waals surface area (Å²) in [6.07, 6.45) is 1.61. The van der Waals surface area contributed by atoms with Crippen LogP contribution in [0.4, 0.5) is 5.69 Å². The molecule has 0 bridgehead atoms. The minimum atomic E-state index is -0.489. The fourth-order valence-electron chi connectivity index (χ4n) is 1.78. The summed E-state index contributed by atoms with van der Waals surface area (Å²) >= 11 is 4.53. The lowest BCUT2D eigenvalue weighted by molar-refractivity contribution is 0.516. The molecule has 96 valence electrons. The second kappa shape index (κ2) is 5.13. The molecule has 0 unspecified atom stereocenters. The van der Waals surface area contributed by atoms with Gasteiger partial charge in [-0.3, -0.25) is 4.98 Å². The molecule has 0 amide bonds. The molecule has 0 fully saturated rings. The third kappa shape index (κ3) is 2.25. The number of nitrogens with zero attached hydrogens (tertiary/aromatic N) is 3. The van der Waals surface area contributed by atoms with Crippen LogP contribution < -0.4 is 5.63 Å². The highest BCUT2D eigenvalue weighted by Gasteiger charge is 2.09. The average Bonchev–Trinajstić information content (AvgIpc) is 2.49. The number of benzene rings is 1. The van der Waals surface area contributed by atoms with Crippen molar-refractivity contribution in [1.82, 2.24) is 9.97 Å². The molecule has 0 atom stereocenters. The van der Waals surface area contributed by atoms with Gasteiger partial charge in [0, 0.05) is 6.20 Å². The first-order chi connectivity index (χ1) is 9.78. The Morgan fingerprint density at radius 2 is 2.15 bits per heavy atom. The number of rotatable bonds is 2. The molecule has 0 aliphatic carbocycles. The Kier molecular flexibility index (Phi) is 3.16. The zero-order chi connectivity index (χ0) is 13.9. The molecule has 3 aromatic rings. The number of aromatic nitrogens is 2. The predicted molar refractivity (Wildman–Crippen MR) is 78.2 cm³/mol. The van der Waals surface area contributed by atoms with Crippen molar-refractivity contribution in [2.45, 2.75) is 0 Å². The molecule has 2 heterocycles. The van der Waals surface area contributed by atoms with Gasteiger partial charge in [-0.15, -0.1) is 0 Å². The van der Waals surface area contributed by atoms with Crippen LogP contribution in [0.5, 0.6) is 0 Å². The summed E-state index contributed by atoms with van der Waals surface area (Å²) in [7, 11) is 0. The fourth-order valence-corrected chi connectivity index (χ4v) is 1.89. The lowest BCUT2D eigenvalue weighted by atomic mass is 10.2. The van der Waals surface area contributed by atoms with Gasteiger partial charge in [-0.2, -0.15) is 4.99 Å². The molecule has 0 aliphatic rings. The molecule has 6 heteroatoms. The number of isothiocyanates is 1. The van der Waals surface area contributed by atoms with Crippen molar-refractivity contribution < 1.29 is 4.42 Å². The first-order valence-electron chi connectivity index (χ1n) is 5.72. The van der Waals surface area contributed by atoms with Gasteiger partial charge < -0.3 is 4.42 Å². The van der Waals surface area contributed by atoms with E-state index in [1.807, 2.05) is 0 Å². The van der Waals surface area contributed by atoms with Crippen LogP contribution >= 0.6 is 12.2 Å². The van der Waals surface area contributed by atoms with E-state index in [0.717, 1.165) is 0 Å². The minimum absolute atomic E-state index is 0.189. The number of aliphatic imine (C=N–C) groups is 1. The Morgan fingerprint density at radius 3 is 2.90 bits per heavy atom. The van der Waals surface area contributed by atoms with Gasteiger partial charge in [0.15, 0.2) is 0 Å². The van der Waals surface area contributed by atoms with E-state index in [2.05, 4.69) is 32.3 Å². The number of pyridine rings is 1. The normalized spacial score (nSPS) is 10.2. The Hall–Kier alpha value is -2.69. The Balaban J connectivity index is 2.23. The molecule has 0 saturated heterocycles. The van der Waals surface area contributed by atoms with E-state index in [-0.39, 0.29) is 5.89 Å². The van der Waals surface area contributed by atoms with Crippen LogP contribution in [0.1, 0.15) is 0 Å². The molecule has 1 aromatic carbocycles. The van der Waals surface area contributed by atoms with Gasteiger partial charge in [0.25, 0.3) is 0 Å². The van der Waals surface area contributed by atoms with E-state index in [4.69, 9.17) is 4.42 Å². The minimum Gasteiger partial charge on any atom is -0.401 e. The summed E-state index contributed by atoms with van der Waals surface area (Å²) in [5, 5.41) is 2.59. The molecular formula is C14H7N3O2S. The highest BCUT2D eigenvalue weighted by molar-refractivity contribution is 7.78. The molecule has 5 nitrogen and oxygen atoms in total. The first kappa shape index (κ1) is 12.3. The first-order valence-corrected chi connectivity index (χ1v) is 6.13. The van der Waals surface area contributed by atoms with Gasteiger partial charge in [-0.05, 0) is 42.5 Å². The average molecular weight is 281 g/mol. The molecule has 0 saturated carbocycles. The summed E-state index contributed by atoms with van der Waals surface area (Å²) in [6.45, 7) is 0. The Bertz CT molecular complexity index is 884. The number of hydrogen-bond donors (Lipinski definition) is 0. The van der Waals surface area contributed by atoms with Crippen LogP contribution in [0.2, 0.25) is 0 Å². The van der Waals surface area contributed by atoms with Gasteiger partial charge >= 0.3 is 5.63 Å². The second-order valence-corrected chi connectivity index (χ2v) is 4.11. The molecule has 0 radical (unpaired) electrons. The van der Waals surface area contributed by atoms with Gasteiger partial charge in [-0.25, -0.2) is 9.78 Å². The smallest absolute Gasteiger partial charge is 0.347 e. The standard InChI is InChI=1S/C14H7N3O2S/c18-14-10-7-9(16-8-20)4-5-11(10)17-13(19-14)12-3-1-2-6-15-12/h1-7H. The van der Waals surface area contributed by atoms with E-state index in [1.54, 1.807) is 42.6 Å². The number of fused-ring (bicyclic) bond motifs is 1. The van der Waals surface area contributed by atoms with E-state index < -0.39 is 5.63 Å². The maximum atomic E-state index is 12.0. The molecular weight excluding hydrogens is 274 g/mol. The summed E-state index contributed by atoms with van der Waals surface area (Å²) in [5.41, 5.74) is 1.07. The van der Waals surface area contributed by atoms with Crippen LogP contribution in [0.25, 0.3) is 22.5 Å². The highest BCUT2D eigenvalue weighted by atomic mass is 32.1. The second-order valence-electron chi connectivity index (χ2n) is 3.93. The zero-order valence-electron chi connectivity index (χ0n) is 10.1. The number of hydrogen-bond acceptors (Lipinski definition) is 6. The molecule has 0 aliphatic heterocycles. The SMILES string of the molecule is O=c1oc(-c2ccccn2)nc2ccc(N=C=S)cc12. The third-order valence-electron chi connectivity index (χ3n) is 2.67. The molecule has 20 heavy (non-hydrogen) atoms. The zero-order valence-corrected chi connectivity index (χ0v) is 10.9. The fraction of sp³-hybridized carbons (Fsp3) is 0. The van der Waals surface area contributed by atoms with Crippen molar-refractivity contribution >= 4 is 34.0 Å². The summed E-state index contributed by atoms with van der Waals surface area (Å²) in [6, 6.07) is 10.3. The van der Waals surface area contributed by atoms with Crippen molar-refractivity contribution in [2.24, 2.45) is 4.99 Å². The van der Waals surface area contributed by atoms with Crippen LogP contribution in [-0.4, -0.2) is 15.1 Å². The van der Waals surface area contributed by atoms with Crippen LogP contribution in [0.15, 0.2) is 56.8 Å². The Morgan fingerprint density at radius 1 is 1.25 bits per heavy atom. The maximum absolute atomic E-state index is 12.0. The summed E-state index contributed by atoms with van der Waals surface area (Å²) < 4.78 is 5.19. The van der Waals surface area contributed by atoms with Crippen molar-refractivity contribution in [3.05, 3.63) is 53.0 Å². The van der Waals surface area contributed by atoms with Gasteiger partial charge in [0.2, 0.25) is 5.89 Å². The van der Waals surface area contributed by atoms with Crippen molar-refractivity contribution in [3.8, 4) is 11.6 Å². The van der Waals surface area contributed by atoms with E-state index in [1.165, 1.54) is 0 Å².